The Labute approximate surface area is 166 Å². The van der Waals surface area contributed by atoms with E-state index in [1.54, 1.807) is 12.1 Å². The molecular formula is C20H24Cl3NO. The average molecular weight is 401 g/mol. The van der Waals surface area contributed by atoms with Crippen LogP contribution < -0.4 is 0 Å². The van der Waals surface area contributed by atoms with Gasteiger partial charge >= 0.3 is 0 Å². The molecule has 0 aromatic heterocycles. The zero-order chi connectivity index (χ0) is 17.2. The fourth-order valence-electron chi connectivity index (χ4n) is 3.71. The fourth-order valence-corrected chi connectivity index (χ4v) is 4.40. The van der Waals surface area contributed by atoms with E-state index in [4.69, 9.17) is 23.2 Å². The van der Waals surface area contributed by atoms with Gasteiger partial charge in [-0.2, -0.15) is 0 Å². The topological polar surface area (TPSA) is 23.5 Å². The summed E-state index contributed by atoms with van der Waals surface area (Å²) in [6.45, 7) is 5.06. The Hall–Kier alpha value is -0.770. The molecule has 5 heteroatoms. The Morgan fingerprint density at radius 3 is 2.12 bits per heavy atom. The molecule has 2 aromatic carbocycles. The highest BCUT2D eigenvalue weighted by Gasteiger charge is 2.41. The molecule has 25 heavy (non-hydrogen) atoms. The summed E-state index contributed by atoms with van der Waals surface area (Å²) in [5.74, 6) is -0.0459. The minimum atomic E-state index is -1.22. The third-order valence-corrected chi connectivity index (χ3v) is 5.63. The Morgan fingerprint density at radius 2 is 1.56 bits per heavy atom. The smallest absolute Gasteiger partial charge is 0.121 e. The lowest BCUT2D eigenvalue weighted by Gasteiger charge is -2.38. The van der Waals surface area contributed by atoms with Crippen LogP contribution >= 0.6 is 35.6 Å². The second-order valence-electron chi connectivity index (χ2n) is 6.64. The highest BCUT2D eigenvalue weighted by molar-refractivity contribution is 6.36. The van der Waals surface area contributed by atoms with Gasteiger partial charge in [0.2, 0.25) is 0 Å². The highest BCUT2D eigenvalue weighted by atomic mass is 35.5. The molecule has 3 rings (SSSR count). The minimum Gasteiger partial charge on any atom is -0.380 e. The number of hydrogen-bond donors (Lipinski definition) is 1. The Morgan fingerprint density at radius 1 is 1.00 bits per heavy atom. The third kappa shape index (κ3) is 4.15. The summed E-state index contributed by atoms with van der Waals surface area (Å²) in [5.41, 5.74) is 0.206. The van der Waals surface area contributed by atoms with E-state index in [1.165, 1.54) is 12.8 Å². The van der Waals surface area contributed by atoms with Crippen LogP contribution in [0.15, 0.2) is 48.5 Å². The molecule has 1 aliphatic rings. The van der Waals surface area contributed by atoms with E-state index >= 15 is 0 Å². The third-order valence-electron chi connectivity index (χ3n) is 5.00. The number of nitrogens with zero attached hydrogens (tertiary/aromatic N) is 1. The average Bonchev–Trinajstić information content (AvgIpc) is 3.08. The molecule has 2 aromatic rings. The van der Waals surface area contributed by atoms with Crippen LogP contribution in [0.25, 0.3) is 0 Å². The van der Waals surface area contributed by atoms with E-state index in [9.17, 15) is 5.11 Å². The van der Waals surface area contributed by atoms with Gasteiger partial charge in [0.1, 0.15) is 5.60 Å². The monoisotopic (exact) mass is 399 g/mol. The lowest BCUT2D eigenvalue weighted by atomic mass is 9.76. The molecule has 1 aliphatic heterocycles. The summed E-state index contributed by atoms with van der Waals surface area (Å²) in [5, 5.41) is 12.9. The second-order valence-corrected chi connectivity index (χ2v) is 7.45. The van der Waals surface area contributed by atoms with E-state index in [2.05, 4.69) is 11.8 Å². The number of rotatable bonds is 5. The summed E-state index contributed by atoms with van der Waals surface area (Å²) in [4.78, 5) is 2.41. The normalized spacial score (nSPS) is 18.4. The van der Waals surface area contributed by atoms with Crippen LogP contribution in [0.3, 0.4) is 0 Å². The van der Waals surface area contributed by atoms with Gasteiger partial charge in [0, 0.05) is 28.1 Å². The maximum Gasteiger partial charge on any atom is 0.121 e. The van der Waals surface area contributed by atoms with E-state index < -0.39 is 5.60 Å². The van der Waals surface area contributed by atoms with Gasteiger partial charge in [-0.1, -0.05) is 66.5 Å². The van der Waals surface area contributed by atoms with Crippen molar-refractivity contribution < 1.29 is 5.11 Å². The van der Waals surface area contributed by atoms with Crippen molar-refractivity contribution in [2.45, 2.75) is 25.4 Å². The molecule has 0 spiro atoms. The largest absolute Gasteiger partial charge is 0.380 e. The summed E-state index contributed by atoms with van der Waals surface area (Å²) < 4.78 is 0. The molecule has 1 saturated heterocycles. The van der Waals surface area contributed by atoms with Crippen molar-refractivity contribution in [1.29, 1.82) is 0 Å². The van der Waals surface area contributed by atoms with Gasteiger partial charge in [0.25, 0.3) is 0 Å². The van der Waals surface area contributed by atoms with E-state index in [0.29, 0.717) is 15.6 Å². The number of likely N-dealkylation sites (tertiary alicyclic amines) is 1. The molecule has 2 nitrogen and oxygen atoms in total. The molecule has 0 amide bonds. The number of aliphatic hydroxyl groups is 1. The number of benzene rings is 2. The summed E-state index contributed by atoms with van der Waals surface area (Å²) in [7, 11) is 0. The molecule has 136 valence electrons. The molecule has 0 bridgehead atoms. The van der Waals surface area contributed by atoms with Gasteiger partial charge < -0.3 is 10.0 Å². The SMILES string of the molecule is CC(CN1CCCC1)C(O)(c1ccccc1)c1c(Cl)cccc1Cl.Cl. The van der Waals surface area contributed by atoms with Crippen LogP contribution in [0.1, 0.15) is 30.9 Å². The first-order valence-electron chi connectivity index (χ1n) is 8.48. The summed E-state index contributed by atoms with van der Waals surface area (Å²) in [6.07, 6.45) is 2.45. The summed E-state index contributed by atoms with van der Waals surface area (Å²) in [6, 6.07) is 15.1. The maximum atomic E-state index is 11.8. The van der Waals surface area contributed by atoms with Crippen LogP contribution in [0, 0.1) is 5.92 Å². The van der Waals surface area contributed by atoms with Crippen LogP contribution in [0.4, 0.5) is 0 Å². The van der Waals surface area contributed by atoms with Crippen molar-refractivity contribution in [3.05, 3.63) is 69.7 Å². The zero-order valence-corrected chi connectivity index (χ0v) is 16.6. The molecule has 1 fully saturated rings. The van der Waals surface area contributed by atoms with E-state index in [0.717, 1.165) is 25.2 Å². The van der Waals surface area contributed by atoms with Gasteiger partial charge in [-0.3, -0.25) is 0 Å². The van der Waals surface area contributed by atoms with E-state index in [-0.39, 0.29) is 18.3 Å². The molecular weight excluding hydrogens is 377 g/mol. The first-order chi connectivity index (χ1) is 11.5. The maximum absolute atomic E-state index is 11.8. The van der Waals surface area contributed by atoms with Crippen LogP contribution in [0.2, 0.25) is 10.0 Å². The Kier molecular flexibility index (Phi) is 7.19. The van der Waals surface area contributed by atoms with Crippen LogP contribution in [0.5, 0.6) is 0 Å². The number of halogens is 3. The van der Waals surface area contributed by atoms with E-state index in [1.807, 2.05) is 36.4 Å². The summed E-state index contributed by atoms with van der Waals surface area (Å²) >= 11 is 12.9. The molecule has 2 atom stereocenters. The Balaban J connectivity index is 0.00000225. The van der Waals surface area contributed by atoms with Crippen molar-refractivity contribution in [3.63, 3.8) is 0 Å². The molecule has 0 saturated carbocycles. The van der Waals surface area contributed by atoms with Gasteiger partial charge in [0.05, 0.1) is 0 Å². The lowest BCUT2D eigenvalue weighted by molar-refractivity contribution is 0.0106. The van der Waals surface area contributed by atoms with Crippen molar-refractivity contribution >= 4 is 35.6 Å². The van der Waals surface area contributed by atoms with Crippen molar-refractivity contribution in [2.24, 2.45) is 5.92 Å². The minimum absolute atomic E-state index is 0. The Bertz CT molecular complexity index is 668. The van der Waals surface area contributed by atoms with Gasteiger partial charge in [-0.05, 0) is 43.6 Å². The molecule has 0 radical (unpaired) electrons. The van der Waals surface area contributed by atoms with Gasteiger partial charge in [-0.15, -0.1) is 12.4 Å². The van der Waals surface area contributed by atoms with Crippen LogP contribution in [-0.2, 0) is 5.60 Å². The van der Waals surface area contributed by atoms with Crippen molar-refractivity contribution in [3.8, 4) is 0 Å². The van der Waals surface area contributed by atoms with Crippen molar-refractivity contribution in [2.75, 3.05) is 19.6 Å². The van der Waals surface area contributed by atoms with Gasteiger partial charge in [0.15, 0.2) is 0 Å². The molecule has 2 unspecified atom stereocenters. The predicted octanol–water partition coefficient (Wildman–Crippen LogP) is 5.38. The first-order valence-corrected chi connectivity index (χ1v) is 9.24. The fraction of sp³-hybridized carbons (Fsp3) is 0.400. The molecule has 1 N–H and O–H groups in total. The highest BCUT2D eigenvalue weighted by Crippen LogP contribution is 2.44. The predicted molar refractivity (Wildman–Crippen MR) is 108 cm³/mol. The quantitative estimate of drug-likeness (QED) is 0.728. The lowest BCUT2D eigenvalue weighted by Crippen LogP contribution is -2.41. The van der Waals surface area contributed by atoms with Crippen molar-refractivity contribution in [1.82, 2.24) is 4.90 Å². The first kappa shape index (κ1) is 20.5. The molecule has 1 heterocycles. The number of hydrogen-bond acceptors (Lipinski definition) is 2. The zero-order valence-electron chi connectivity index (χ0n) is 14.3. The standard InChI is InChI=1S/C20H23Cl2NO.ClH/c1-15(14-23-12-5-6-13-23)20(24,16-8-3-2-4-9-16)19-17(21)10-7-11-18(19)22;/h2-4,7-11,15,24H,5-6,12-14H2,1H3;1H. The second kappa shape index (κ2) is 8.75. The molecule has 0 aliphatic carbocycles. The van der Waals surface area contributed by atoms with Crippen LogP contribution in [-0.4, -0.2) is 29.6 Å². The van der Waals surface area contributed by atoms with Gasteiger partial charge in [-0.25, -0.2) is 0 Å².